The lowest BCUT2D eigenvalue weighted by Crippen LogP contribution is -2.19. The normalized spacial score (nSPS) is 12.4. The zero-order valence-electron chi connectivity index (χ0n) is 11.3. The van der Waals surface area contributed by atoms with Crippen molar-refractivity contribution in [1.82, 2.24) is 9.78 Å². The molecule has 0 aliphatic rings. The van der Waals surface area contributed by atoms with E-state index in [0.717, 1.165) is 0 Å². The Morgan fingerprint density at radius 3 is 2.74 bits per heavy atom. The molecule has 7 heteroatoms. The predicted molar refractivity (Wildman–Crippen MR) is 75.4 cm³/mol. The maximum absolute atomic E-state index is 11.7. The molecule has 1 atom stereocenters. The van der Waals surface area contributed by atoms with Crippen LogP contribution in [0.25, 0.3) is 0 Å². The first-order valence-corrected chi connectivity index (χ1v) is 7.21. The molecule has 0 saturated heterocycles. The molecule has 2 N–H and O–H groups in total. The lowest BCUT2D eigenvalue weighted by molar-refractivity contribution is -0.140. The van der Waals surface area contributed by atoms with Crippen LogP contribution in [0.1, 0.15) is 26.8 Å². The molecular weight excluding hydrogens is 266 g/mol. The Morgan fingerprint density at radius 2 is 2.16 bits per heavy atom. The standard InChI is InChI=1S/C12H19N3O3S/c1-8(2)15-10(4-5-13-15)14-11(16)7-19-6-9(3)12(17)18/h4-5,8-9H,6-7H2,1-3H3,(H,14,16)(H,17,18). The number of rotatable bonds is 7. The molecule has 0 saturated carbocycles. The molecule has 0 bridgehead atoms. The summed E-state index contributed by atoms with van der Waals surface area (Å²) in [4.78, 5) is 22.3. The van der Waals surface area contributed by atoms with E-state index in [0.29, 0.717) is 11.6 Å². The van der Waals surface area contributed by atoms with Crippen LogP contribution >= 0.6 is 11.8 Å². The summed E-state index contributed by atoms with van der Waals surface area (Å²) in [6.45, 7) is 5.58. The fourth-order valence-corrected chi connectivity index (χ4v) is 2.27. The van der Waals surface area contributed by atoms with Gasteiger partial charge in [-0.15, -0.1) is 0 Å². The summed E-state index contributed by atoms with van der Waals surface area (Å²) in [6.07, 6.45) is 1.63. The summed E-state index contributed by atoms with van der Waals surface area (Å²) in [5, 5.41) is 15.6. The second-order valence-corrected chi connectivity index (χ2v) is 5.59. The second-order valence-electron chi connectivity index (χ2n) is 4.56. The quantitative estimate of drug-likeness (QED) is 0.798. The number of amides is 1. The number of aliphatic carboxylic acids is 1. The fraction of sp³-hybridized carbons (Fsp3) is 0.583. The van der Waals surface area contributed by atoms with E-state index in [9.17, 15) is 9.59 Å². The van der Waals surface area contributed by atoms with Crippen molar-refractivity contribution in [2.75, 3.05) is 16.8 Å². The Balaban J connectivity index is 2.39. The van der Waals surface area contributed by atoms with Crippen LogP contribution in [-0.2, 0) is 9.59 Å². The van der Waals surface area contributed by atoms with Crippen molar-refractivity contribution in [3.8, 4) is 0 Å². The average molecular weight is 285 g/mol. The molecule has 0 aromatic carbocycles. The molecule has 1 unspecified atom stereocenters. The largest absolute Gasteiger partial charge is 0.481 e. The molecule has 0 fully saturated rings. The topological polar surface area (TPSA) is 84.2 Å². The van der Waals surface area contributed by atoms with Gasteiger partial charge in [-0.05, 0) is 13.8 Å². The molecule has 1 aromatic heterocycles. The third kappa shape index (κ3) is 4.94. The minimum Gasteiger partial charge on any atom is -0.481 e. The first-order valence-electron chi connectivity index (χ1n) is 6.05. The van der Waals surface area contributed by atoms with Crippen molar-refractivity contribution in [2.45, 2.75) is 26.8 Å². The van der Waals surface area contributed by atoms with Gasteiger partial charge in [-0.2, -0.15) is 16.9 Å². The minimum absolute atomic E-state index is 0.148. The van der Waals surface area contributed by atoms with Gasteiger partial charge in [0.2, 0.25) is 5.91 Å². The van der Waals surface area contributed by atoms with Crippen LogP contribution < -0.4 is 5.32 Å². The molecule has 0 radical (unpaired) electrons. The number of nitrogens with zero attached hydrogens (tertiary/aromatic N) is 2. The van der Waals surface area contributed by atoms with Gasteiger partial charge in [-0.3, -0.25) is 9.59 Å². The zero-order chi connectivity index (χ0) is 14.4. The number of anilines is 1. The van der Waals surface area contributed by atoms with Gasteiger partial charge >= 0.3 is 5.97 Å². The van der Waals surface area contributed by atoms with E-state index in [1.165, 1.54) is 11.8 Å². The number of carboxylic acids is 1. The summed E-state index contributed by atoms with van der Waals surface area (Å²) < 4.78 is 1.72. The molecule has 1 amide bonds. The molecule has 106 valence electrons. The Bertz CT molecular complexity index is 445. The minimum atomic E-state index is -0.842. The average Bonchev–Trinajstić information content (AvgIpc) is 2.76. The van der Waals surface area contributed by atoms with E-state index in [1.54, 1.807) is 23.9 Å². The predicted octanol–water partition coefficient (Wildman–Crippen LogP) is 1.86. The molecule has 0 spiro atoms. The second kappa shape index (κ2) is 7.18. The van der Waals surface area contributed by atoms with Crippen LogP contribution in [0.3, 0.4) is 0 Å². The van der Waals surface area contributed by atoms with Gasteiger partial charge in [-0.25, -0.2) is 4.68 Å². The van der Waals surface area contributed by atoms with Crippen molar-refractivity contribution in [1.29, 1.82) is 0 Å². The first-order chi connectivity index (χ1) is 8.91. The number of nitrogens with one attached hydrogen (secondary N) is 1. The number of carbonyl (C=O) groups is 2. The Morgan fingerprint density at radius 1 is 1.47 bits per heavy atom. The molecule has 19 heavy (non-hydrogen) atoms. The van der Waals surface area contributed by atoms with Crippen LogP contribution in [0.5, 0.6) is 0 Å². The van der Waals surface area contributed by atoms with Crippen molar-refractivity contribution in [3.05, 3.63) is 12.3 Å². The van der Waals surface area contributed by atoms with E-state index in [-0.39, 0.29) is 17.7 Å². The SMILES string of the molecule is CC(CSCC(=O)Nc1ccnn1C(C)C)C(=O)O. The number of hydrogen-bond acceptors (Lipinski definition) is 4. The summed E-state index contributed by atoms with van der Waals surface area (Å²) in [5.74, 6) is -0.116. The van der Waals surface area contributed by atoms with Gasteiger partial charge in [0.1, 0.15) is 5.82 Å². The number of hydrogen-bond donors (Lipinski definition) is 2. The lowest BCUT2D eigenvalue weighted by atomic mass is 10.2. The van der Waals surface area contributed by atoms with Gasteiger partial charge in [0.05, 0.1) is 17.9 Å². The smallest absolute Gasteiger partial charge is 0.307 e. The Labute approximate surface area is 116 Å². The van der Waals surface area contributed by atoms with Gasteiger partial charge < -0.3 is 10.4 Å². The van der Waals surface area contributed by atoms with Gasteiger partial charge in [0.15, 0.2) is 0 Å². The maximum Gasteiger partial charge on any atom is 0.307 e. The highest BCUT2D eigenvalue weighted by molar-refractivity contribution is 8.00. The summed E-state index contributed by atoms with van der Waals surface area (Å²) >= 11 is 1.31. The lowest BCUT2D eigenvalue weighted by Gasteiger charge is -2.12. The molecule has 1 rings (SSSR count). The number of carbonyl (C=O) groups excluding carboxylic acids is 1. The molecule has 1 heterocycles. The van der Waals surface area contributed by atoms with Crippen molar-refractivity contribution in [3.63, 3.8) is 0 Å². The van der Waals surface area contributed by atoms with Gasteiger partial charge in [0, 0.05) is 17.9 Å². The molecule has 0 aliphatic carbocycles. The zero-order valence-corrected chi connectivity index (χ0v) is 12.1. The summed E-state index contributed by atoms with van der Waals surface area (Å²) in [5.41, 5.74) is 0. The third-order valence-electron chi connectivity index (χ3n) is 2.45. The van der Waals surface area contributed by atoms with E-state index in [2.05, 4.69) is 10.4 Å². The van der Waals surface area contributed by atoms with E-state index in [4.69, 9.17) is 5.11 Å². The van der Waals surface area contributed by atoms with E-state index in [1.807, 2.05) is 13.8 Å². The van der Waals surface area contributed by atoms with Crippen molar-refractivity contribution in [2.24, 2.45) is 5.92 Å². The van der Waals surface area contributed by atoms with Crippen molar-refractivity contribution >= 4 is 29.5 Å². The van der Waals surface area contributed by atoms with Gasteiger partial charge in [0.25, 0.3) is 0 Å². The molecule has 0 aliphatic heterocycles. The van der Waals surface area contributed by atoms with Crippen LogP contribution in [0.4, 0.5) is 5.82 Å². The maximum atomic E-state index is 11.7. The Kier molecular flexibility index (Phi) is 5.88. The van der Waals surface area contributed by atoms with E-state index < -0.39 is 11.9 Å². The van der Waals surface area contributed by atoms with Crippen LogP contribution in [0, 0.1) is 5.92 Å². The van der Waals surface area contributed by atoms with E-state index >= 15 is 0 Å². The summed E-state index contributed by atoms with van der Waals surface area (Å²) in [6, 6.07) is 1.91. The van der Waals surface area contributed by atoms with Crippen LogP contribution in [-0.4, -0.2) is 38.3 Å². The molecule has 1 aromatic rings. The highest BCUT2D eigenvalue weighted by Crippen LogP contribution is 2.14. The van der Waals surface area contributed by atoms with Gasteiger partial charge in [-0.1, -0.05) is 6.92 Å². The third-order valence-corrected chi connectivity index (χ3v) is 3.65. The Hall–Kier alpha value is -1.50. The molecule has 6 nitrogen and oxygen atoms in total. The highest BCUT2D eigenvalue weighted by atomic mass is 32.2. The van der Waals surface area contributed by atoms with Crippen LogP contribution in [0.15, 0.2) is 12.3 Å². The van der Waals surface area contributed by atoms with Crippen molar-refractivity contribution < 1.29 is 14.7 Å². The highest BCUT2D eigenvalue weighted by Gasteiger charge is 2.13. The monoisotopic (exact) mass is 285 g/mol. The number of thioether (sulfide) groups is 1. The fourth-order valence-electron chi connectivity index (χ4n) is 1.40. The molecular formula is C12H19N3O3S. The first kappa shape index (κ1) is 15.6. The number of aromatic nitrogens is 2. The summed E-state index contributed by atoms with van der Waals surface area (Å²) in [7, 11) is 0. The number of carboxylic acid groups (broad SMARTS) is 1. The van der Waals surface area contributed by atoms with Crippen LogP contribution in [0.2, 0.25) is 0 Å².